The lowest BCUT2D eigenvalue weighted by Gasteiger charge is -2.00. The van der Waals surface area contributed by atoms with Gasteiger partial charge in [-0.15, -0.1) is 11.3 Å². The van der Waals surface area contributed by atoms with E-state index in [9.17, 15) is 4.39 Å². The highest BCUT2D eigenvalue weighted by Crippen LogP contribution is 2.30. The van der Waals surface area contributed by atoms with Crippen LogP contribution in [0.25, 0.3) is 10.6 Å². The Hall–Kier alpha value is -0.780. The van der Waals surface area contributed by atoms with Crippen LogP contribution in [0.2, 0.25) is 0 Å². The van der Waals surface area contributed by atoms with E-state index in [0.29, 0.717) is 10.6 Å². The lowest BCUT2D eigenvalue weighted by atomic mass is 10.2. The van der Waals surface area contributed by atoms with Gasteiger partial charge in [0.1, 0.15) is 10.8 Å². The largest absolute Gasteiger partial charge is 0.323 e. The number of benzene rings is 1. The van der Waals surface area contributed by atoms with Crippen molar-refractivity contribution >= 4 is 27.3 Å². The van der Waals surface area contributed by atoms with Crippen molar-refractivity contribution in [1.29, 1.82) is 0 Å². The van der Waals surface area contributed by atoms with Crippen LogP contribution in [0.5, 0.6) is 0 Å². The number of halogens is 2. The number of hydrogen-bond acceptors (Lipinski definition) is 3. The molecule has 0 saturated carbocycles. The quantitative estimate of drug-likeness (QED) is 0.918. The third-order valence-corrected chi connectivity index (χ3v) is 3.86. The lowest BCUT2D eigenvalue weighted by Crippen LogP contribution is -2.01. The molecule has 0 fully saturated rings. The van der Waals surface area contributed by atoms with Crippen molar-refractivity contribution in [3.63, 3.8) is 0 Å². The third kappa shape index (κ3) is 2.31. The molecule has 1 aromatic carbocycles. The first-order valence-corrected chi connectivity index (χ1v) is 6.35. The molecule has 0 amide bonds. The molecule has 0 saturated heterocycles. The van der Waals surface area contributed by atoms with Gasteiger partial charge in [0.2, 0.25) is 0 Å². The van der Waals surface area contributed by atoms with Gasteiger partial charge in [0, 0.05) is 27.2 Å². The van der Waals surface area contributed by atoms with Crippen LogP contribution in [0.15, 0.2) is 28.9 Å². The van der Waals surface area contributed by atoms with Gasteiger partial charge in [-0.25, -0.2) is 9.37 Å². The first kappa shape index (κ1) is 11.7. The average molecular weight is 301 g/mol. The molecule has 2 nitrogen and oxygen atoms in total. The SMILES string of the molecule is CC(N)c1cnc(-c2ccc(Br)cc2F)s1. The van der Waals surface area contributed by atoms with E-state index in [0.717, 1.165) is 9.35 Å². The molecule has 1 atom stereocenters. The highest BCUT2D eigenvalue weighted by molar-refractivity contribution is 9.10. The molecule has 0 spiro atoms. The molecule has 84 valence electrons. The summed E-state index contributed by atoms with van der Waals surface area (Å²) in [5, 5.41) is 0.664. The van der Waals surface area contributed by atoms with Crippen LogP contribution in [0, 0.1) is 5.82 Å². The Balaban J connectivity index is 2.42. The molecular formula is C11H10BrFN2S. The summed E-state index contributed by atoms with van der Waals surface area (Å²) >= 11 is 4.64. The summed E-state index contributed by atoms with van der Waals surface area (Å²) in [4.78, 5) is 5.14. The molecule has 2 aromatic rings. The fraction of sp³-hybridized carbons (Fsp3) is 0.182. The van der Waals surface area contributed by atoms with Gasteiger partial charge in [-0.3, -0.25) is 0 Å². The van der Waals surface area contributed by atoms with Gasteiger partial charge in [-0.05, 0) is 25.1 Å². The number of nitrogens with two attached hydrogens (primary N) is 1. The second kappa shape index (κ2) is 4.61. The predicted molar refractivity (Wildman–Crippen MR) is 67.8 cm³/mol. The third-order valence-electron chi connectivity index (χ3n) is 2.13. The molecule has 2 N–H and O–H groups in total. The summed E-state index contributed by atoms with van der Waals surface area (Å²) in [7, 11) is 0. The maximum absolute atomic E-state index is 13.7. The number of aromatic nitrogens is 1. The first-order chi connectivity index (χ1) is 7.58. The van der Waals surface area contributed by atoms with Crippen LogP contribution >= 0.6 is 27.3 Å². The fourth-order valence-electron chi connectivity index (χ4n) is 1.28. The Morgan fingerprint density at radius 3 is 2.81 bits per heavy atom. The average Bonchev–Trinajstić information content (AvgIpc) is 2.66. The summed E-state index contributed by atoms with van der Waals surface area (Å²) in [6.07, 6.45) is 1.70. The molecule has 5 heteroatoms. The maximum atomic E-state index is 13.7. The Bertz CT molecular complexity index is 510. The summed E-state index contributed by atoms with van der Waals surface area (Å²) in [6.45, 7) is 1.88. The van der Waals surface area contributed by atoms with Gasteiger partial charge in [-0.2, -0.15) is 0 Å². The number of hydrogen-bond donors (Lipinski definition) is 1. The minimum absolute atomic E-state index is 0.0650. The first-order valence-electron chi connectivity index (χ1n) is 4.74. The topological polar surface area (TPSA) is 38.9 Å². The standard InChI is InChI=1S/C11H10BrFN2S/c1-6(14)10-5-15-11(16-10)8-3-2-7(12)4-9(8)13/h2-6H,14H2,1H3. The summed E-state index contributed by atoms with van der Waals surface area (Å²) in [5.74, 6) is -0.278. The molecular weight excluding hydrogens is 291 g/mol. The predicted octanol–water partition coefficient (Wildman–Crippen LogP) is 3.73. The van der Waals surface area contributed by atoms with Crippen molar-refractivity contribution in [1.82, 2.24) is 4.98 Å². The van der Waals surface area contributed by atoms with E-state index in [2.05, 4.69) is 20.9 Å². The molecule has 0 bridgehead atoms. The Morgan fingerprint density at radius 1 is 1.50 bits per heavy atom. The van der Waals surface area contributed by atoms with Crippen molar-refractivity contribution < 1.29 is 4.39 Å². The van der Waals surface area contributed by atoms with Gasteiger partial charge in [0.05, 0.1) is 0 Å². The van der Waals surface area contributed by atoms with Gasteiger partial charge in [-0.1, -0.05) is 15.9 Å². The van der Waals surface area contributed by atoms with Crippen LogP contribution < -0.4 is 5.73 Å². The van der Waals surface area contributed by atoms with E-state index >= 15 is 0 Å². The number of nitrogens with zero attached hydrogens (tertiary/aromatic N) is 1. The van der Waals surface area contributed by atoms with E-state index in [4.69, 9.17) is 5.73 Å². The lowest BCUT2D eigenvalue weighted by molar-refractivity contribution is 0.630. The van der Waals surface area contributed by atoms with Gasteiger partial charge in [0.25, 0.3) is 0 Å². The zero-order valence-electron chi connectivity index (χ0n) is 8.58. The van der Waals surface area contributed by atoms with E-state index in [1.165, 1.54) is 17.4 Å². The highest BCUT2D eigenvalue weighted by Gasteiger charge is 2.11. The number of thiazole rings is 1. The molecule has 1 unspecified atom stereocenters. The maximum Gasteiger partial charge on any atom is 0.134 e. The zero-order valence-corrected chi connectivity index (χ0v) is 11.0. The smallest absolute Gasteiger partial charge is 0.134 e. The minimum atomic E-state index is -0.278. The minimum Gasteiger partial charge on any atom is -0.323 e. The van der Waals surface area contributed by atoms with Gasteiger partial charge >= 0.3 is 0 Å². The number of rotatable bonds is 2. The molecule has 0 aliphatic rings. The monoisotopic (exact) mass is 300 g/mol. The van der Waals surface area contributed by atoms with Gasteiger partial charge in [0.15, 0.2) is 0 Å². The highest BCUT2D eigenvalue weighted by atomic mass is 79.9. The van der Waals surface area contributed by atoms with Crippen molar-refractivity contribution in [3.8, 4) is 10.6 Å². The molecule has 0 radical (unpaired) electrons. The van der Waals surface area contributed by atoms with Crippen LogP contribution in [0.3, 0.4) is 0 Å². The van der Waals surface area contributed by atoms with E-state index < -0.39 is 0 Å². The van der Waals surface area contributed by atoms with Crippen LogP contribution in [-0.2, 0) is 0 Å². The van der Waals surface area contributed by atoms with Gasteiger partial charge < -0.3 is 5.73 Å². The van der Waals surface area contributed by atoms with E-state index in [1.807, 2.05) is 6.92 Å². The molecule has 1 heterocycles. The Labute approximate surface area is 105 Å². The van der Waals surface area contributed by atoms with E-state index in [-0.39, 0.29) is 11.9 Å². The van der Waals surface area contributed by atoms with Crippen molar-refractivity contribution in [2.45, 2.75) is 13.0 Å². The Morgan fingerprint density at radius 2 is 2.25 bits per heavy atom. The zero-order chi connectivity index (χ0) is 11.7. The summed E-state index contributed by atoms with van der Waals surface area (Å²) in [5.41, 5.74) is 6.25. The molecule has 16 heavy (non-hydrogen) atoms. The summed E-state index contributed by atoms with van der Waals surface area (Å²) in [6, 6.07) is 4.88. The van der Waals surface area contributed by atoms with Crippen molar-refractivity contribution in [2.75, 3.05) is 0 Å². The van der Waals surface area contributed by atoms with Crippen molar-refractivity contribution in [3.05, 3.63) is 39.6 Å². The van der Waals surface area contributed by atoms with Crippen molar-refractivity contribution in [2.24, 2.45) is 5.73 Å². The second-order valence-electron chi connectivity index (χ2n) is 3.48. The molecule has 2 rings (SSSR count). The second-order valence-corrected chi connectivity index (χ2v) is 5.46. The van der Waals surface area contributed by atoms with Crippen LogP contribution in [0.1, 0.15) is 17.8 Å². The molecule has 0 aliphatic carbocycles. The molecule has 0 aliphatic heterocycles. The Kier molecular flexibility index (Phi) is 3.37. The summed E-state index contributed by atoms with van der Waals surface area (Å²) < 4.78 is 14.4. The van der Waals surface area contributed by atoms with Crippen LogP contribution in [-0.4, -0.2) is 4.98 Å². The van der Waals surface area contributed by atoms with Crippen LogP contribution in [0.4, 0.5) is 4.39 Å². The fourth-order valence-corrected chi connectivity index (χ4v) is 2.51. The normalized spacial score (nSPS) is 12.8. The molecule has 1 aromatic heterocycles. The van der Waals surface area contributed by atoms with E-state index in [1.54, 1.807) is 18.3 Å².